The molecule has 0 saturated carbocycles. The number of primary amides is 1. The molecule has 3 rings (SSSR count). The molecule has 0 bridgehead atoms. The third-order valence-electron chi connectivity index (χ3n) is 4.13. The second-order valence-corrected chi connectivity index (χ2v) is 6.41. The van der Waals surface area contributed by atoms with E-state index in [-0.39, 0.29) is 22.9 Å². The van der Waals surface area contributed by atoms with E-state index in [9.17, 15) is 19.2 Å². The Labute approximate surface area is 176 Å². The number of nitrogens with zero attached hydrogens (tertiary/aromatic N) is 2. The van der Waals surface area contributed by atoms with Gasteiger partial charge in [-0.3, -0.25) is 24.5 Å². The standard InChI is InChI=1S/C21H18N6O4/c1-12-10-17(25-19(30)15-6-8-16(9-7-15)23-11-28)26-21(24-12)27-20(31)14-4-2-13(3-5-14)18(22)29/h2-11H,1H3,(H2,22,29)(H,23,28)(H2,24,25,26,27,30,31). The van der Waals surface area contributed by atoms with E-state index in [1.54, 1.807) is 37.3 Å². The number of carbonyl (C=O) groups excluding carboxylic acids is 4. The summed E-state index contributed by atoms with van der Waals surface area (Å²) in [6.45, 7) is 1.69. The lowest BCUT2D eigenvalue weighted by molar-refractivity contribution is -0.105. The van der Waals surface area contributed by atoms with Gasteiger partial charge in [-0.2, -0.15) is 4.98 Å². The lowest BCUT2D eigenvalue weighted by Gasteiger charge is -2.09. The van der Waals surface area contributed by atoms with Gasteiger partial charge in [0, 0.05) is 34.1 Å². The van der Waals surface area contributed by atoms with Crippen LogP contribution >= 0.6 is 0 Å². The van der Waals surface area contributed by atoms with Crippen LogP contribution in [0.15, 0.2) is 54.6 Å². The molecule has 1 aromatic heterocycles. The zero-order valence-corrected chi connectivity index (χ0v) is 16.4. The van der Waals surface area contributed by atoms with Gasteiger partial charge in [0.2, 0.25) is 18.3 Å². The Bertz CT molecular complexity index is 1140. The van der Waals surface area contributed by atoms with Crippen molar-refractivity contribution < 1.29 is 19.2 Å². The zero-order chi connectivity index (χ0) is 22.4. The first kappa shape index (κ1) is 21.1. The molecular weight excluding hydrogens is 400 g/mol. The monoisotopic (exact) mass is 418 g/mol. The fourth-order valence-corrected chi connectivity index (χ4v) is 2.62. The second-order valence-electron chi connectivity index (χ2n) is 6.41. The van der Waals surface area contributed by atoms with Crippen LogP contribution in [0.4, 0.5) is 17.5 Å². The molecule has 0 unspecified atom stereocenters. The summed E-state index contributed by atoms with van der Waals surface area (Å²) in [7, 11) is 0. The van der Waals surface area contributed by atoms with Gasteiger partial charge >= 0.3 is 0 Å². The number of benzene rings is 2. The maximum atomic E-state index is 12.4. The van der Waals surface area contributed by atoms with Crippen LogP contribution in [0.25, 0.3) is 0 Å². The van der Waals surface area contributed by atoms with Gasteiger partial charge in [-0.15, -0.1) is 0 Å². The van der Waals surface area contributed by atoms with Crippen LogP contribution in [0.5, 0.6) is 0 Å². The van der Waals surface area contributed by atoms with E-state index in [4.69, 9.17) is 5.73 Å². The van der Waals surface area contributed by atoms with Crippen LogP contribution < -0.4 is 21.7 Å². The second kappa shape index (κ2) is 9.27. The summed E-state index contributed by atoms with van der Waals surface area (Å²) < 4.78 is 0. The normalized spacial score (nSPS) is 10.1. The van der Waals surface area contributed by atoms with Gasteiger partial charge in [0.25, 0.3) is 11.8 Å². The molecule has 0 aliphatic carbocycles. The average molecular weight is 418 g/mol. The Kier molecular flexibility index (Phi) is 6.31. The van der Waals surface area contributed by atoms with Crippen molar-refractivity contribution >= 4 is 41.6 Å². The van der Waals surface area contributed by atoms with Gasteiger partial charge in [0.15, 0.2) is 0 Å². The molecule has 3 aromatic rings. The highest BCUT2D eigenvalue weighted by molar-refractivity contribution is 6.05. The summed E-state index contributed by atoms with van der Waals surface area (Å²) in [6.07, 6.45) is 0.542. The van der Waals surface area contributed by atoms with E-state index >= 15 is 0 Å². The van der Waals surface area contributed by atoms with Crippen LogP contribution in [0, 0.1) is 6.92 Å². The number of hydrogen-bond acceptors (Lipinski definition) is 6. The third kappa shape index (κ3) is 5.48. The van der Waals surface area contributed by atoms with E-state index in [1.165, 1.54) is 24.3 Å². The largest absolute Gasteiger partial charge is 0.366 e. The summed E-state index contributed by atoms with van der Waals surface area (Å²) in [6, 6.07) is 13.6. The molecule has 0 aliphatic rings. The molecule has 2 aromatic carbocycles. The fraction of sp³-hybridized carbons (Fsp3) is 0.0476. The van der Waals surface area contributed by atoms with E-state index in [0.717, 1.165) is 0 Å². The first-order chi connectivity index (χ1) is 14.9. The van der Waals surface area contributed by atoms with Crippen LogP contribution in [0.2, 0.25) is 0 Å². The Morgan fingerprint density at radius 1 is 0.839 bits per heavy atom. The summed E-state index contributed by atoms with van der Waals surface area (Å²) in [5.41, 5.74) is 7.18. The first-order valence-electron chi connectivity index (χ1n) is 9.04. The van der Waals surface area contributed by atoms with Gasteiger partial charge in [0.1, 0.15) is 5.82 Å². The number of nitrogens with one attached hydrogen (secondary N) is 3. The van der Waals surface area contributed by atoms with Crippen LogP contribution in [0.1, 0.15) is 36.8 Å². The molecule has 0 saturated heterocycles. The van der Waals surface area contributed by atoms with Crippen molar-refractivity contribution in [3.8, 4) is 0 Å². The zero-order valence-electron chi connectivity index (χ0n) is 16.4. The predicted molar refractivity (Wildman–Crippen MR) is 114 cm³/mol. The summed E-state index contributed by atoms with van der Waals surface area (Å²) >= 11 is 0. The highest BCUT2D eigenvalue weighted by atomic mass is 16.2. The van der Waals surface area contributed by atoms with E-state index in [2.05, 4.69) is 25.9 Å². The Hall–Kier alpha value is -4.60. The summed E-state index contributed by atoms with van der Waals surface area (Å²) in [5.74, 6) is -1.30. The van der Waals surface area contributed by atoms with Crippen molar-refractivity contribution in [3.05, 3.63) is 77.0 Å². The molecular formula is C21H18N6O4. The van der Waals surface area contributed by atoms with Gasteiger partial charge in [-0.1, -0.05) is 0 Å². The summed E-state index contributed by atoms with van der Waals surface area (Å²) in [4.78, 5) is 54.8. The molecule has 0 aliphatic heterocycles. The van der Waals surface area contributed by atoms with Crippen LogP contribution in [-0.4, -0.2) is 34.1 Å². The highest BCUT2D eigenvalue weighted by Crippen LogP contribution is 2.14. The van der Waals surface area contributed by atoms with E-state index in [1.807, 2.05) is 0 Å². The minimum absolute atomic E-state index is 0.00445. The number of amides is 4. The van der Waals surface area contributed by atoms with Crippen molar-refractivity contribution in [2.75, 3.05) is 16.0 Å². The van der Waals surface area contributed by atoms with Crippen LogP contribution in [-0.2, 0) is 4.79 Å². The van der Waals surface area contributed by atoms with Gasteiger partial charge in [-0.05, 0) is 55.5 Å². The molecule has 0 atom stereocenters. The lowest BCUT2D eigenvalue weighted by Crippen LogP contribution is -2.18. The number of carbonyl (C=O) groups is 4. The molecule has 0 spiro atoms. The lowest BCUT2D eigenvalue weighted by atomic mass is 10.1. The number of nitrogens with two attached hydrogens (primary N) is 1. The molecule has 31 heavy (non-hydrogen) atoms. The Morgan fingerprint density at radius 2 is 1.39 bits per heavy atom. The number of anilines is 3. The van der Waals surface area contributed by atoms with E-state index < -0.39 is 17.7 Å². The van der Waals surface area contributed by atoms with Crippen molar-refractivity contribution in [1.82, 2.24) is 9.97 Å². The number of aryl methyl sites for hydroxylation is 1. The molecule has 1 heterocycles. The molecule has 5 N–H and O–H groups in total. The molecule has 4 amide bonds. The maximum Gasteiger partial charge on any atom is 0.258 e. The van der Waals surface area contributed by atoms with Gasteiger partial charge in [-0.25, -0.2) is 4.98 Å². The molecule has 0 fully saturated rings. The number of rotatable bonds is 7. The highest BCUT2D eigenvalue weighted by Gasteiger charge is 2.12. The average Bonchev–Trinajstić information content (AvgIpc) is 2.74. The topological polar surface area (TPSA) is 156 Å². The van der Waals surface area contributed by atoms with Crippen molar-refractivity contribution in [2.45, 2.75) is 6.92 Å². The predicted octanol–water partition coefficient (Wildman–Crippen LogP) is 1.96. The number of aromatic nitrogens is 2. The number of hydrogen-bond donors (Lipinski definition) is 4. The third-order valence-corrected chi connectivity index (χ3v) is 4.13. The minimum atomic E-state index is -0.594. The van der Waals surface area contributed by atoms with Crippen molar-refractivity contribution in [2.24, 2.45) is 5.73 Å². The van der Waals surface area contributed by atoms with Crippen molar-refractivity contribution in [3.63, 3.8) is 0 Å². The first-order valence-corrected chi connectivity index (χ1v) is 9.04. The molecule has 156 valence electrons. The van der Waals surface area contributed by atoms with Gasteiger partial charge < -0.3 is 16.4 Å². The fourth-order valence-electron chi connectivity index (χ4n) is 2.62. The Morgan fingerprint density at radius 3 is 1.97 bits per heavy atom. The van der Waals surface area contributed by atoms with Gasteiger partial charge in [0.05, 0.1) is 0 Å². The molecule has 10 heteroatoms. The van der Waals surface area contributed by atoms with Crippen molar-refractivity contribution in [1.29, 1.82) is 0 Å². The van der Waals surface area contributed by atoms with E-state index in [0.29, 0.717) is 23.4 Å². The summed E-state index contributed by atoms with van der Waals surface area (Å²) in [5, 5.41) is 7.68. The minimum Gasteiger partial charge on any atom is -0.366 e. The quantitative estimate of drug-likeness (QED) is 0.430. The SMILES string of the molecule is Cc1cc(NC(=O)c2ccc(NC=O)cc2)nc(NC(=O)c2ccc(C(N)=O)cc2)n1. The Balaban J connectivity index is 1.72. The molecule has 0 radical (unpaired) electrons. The van der Waals surface area contributed by atoms with Crippen LogP contribution in [0.3, 0.4) is 0 Å². The molecule has 10 nitrogen and oxygen atoms in total. The maximum absolute atomic E-state index is 12.4. The smallest absolute Gasteiger partial charge is 0.258 e.